The van der Waals surface area contributed by atoms with E-state index in [4.69, 9.17) is 9.47 Å². The number of hydrogen-bond donors (Lipinski definition) is 0. The molecule has 32 heavy (non-hydrogen) atoms. The number of piperazine rings is 1. The maximum Gasteiger partial charge on any atom is 0.255 e. The predicted molar refractivity (Wildman–Crippen MR) is 124 cm³/mol. The Kier molecular flexibility index (Phi) is 7.07. The number of carbonyl (C=O) groups is 1. The van der Waals surface area contributed by atoms with E-state index in [0.29, 0.717) is 37.8 Å². The number of hydrogen-bond acceptors (Lipinski definition) is 6. The molecule has 0 radical (unpaired) electrons. The number of amides is 1. The fraction of sp³-hybridized carbons (Fsp3) is 0.522. The SMILES string of the molecule is CCOc1ccc(S(=O)(=O)N2CCN(C(=O)c3csc4c3CCCC4)CC2)cc1OCC. The van der Waals surface area contributed by atoms with Crippen LogP contribution in [0.25, 0.3) is 0 Å². The van der Waals surface area contributed by atoms with Crippen molar-refractivity contribution in [3.05, 3.63) is 39.6 Å². The summed E-state index contributed by atoms with van der Waals surface area (Å²) in [6, 6.07) is 4.72. The number of sulfonamides is 1. The van der Waals surface area contributed by atoms with Gasteiger partial charge in [-0.1, -0.05) is 0 Å². The maximum atomic E-state index is 13.2. The van der Waals surface area contributed by atoms with Crippen LogP contribution in [0, 0.1) is 0 Å². The van der Waals surface area contributed by atoms with Crippen molar-refractivity contribution in [2.45, 2.75) is 44.4 Å². The Morgan fingerprint density at radius 2 is 1.69 bits per heavy atom. The average Bonchev–Trinajstić information content (AvgIpc) is 3.24. The van der Waals surface area contributed by atoms with E-state index in [1.54, 1.807) is 28.4 Å². The van der Waals surface area contributed by atoms with E-state index in [0.717, 1.165) is 24.8 Å². The van der Waals surface area contributed by atoms with E-state index >= 15 is 0 Å². The molecule has 0 unspecified atom stereocenters. The van der Waals surface area contributed by atoms with Crippen LogP contribution in [0.2, 0.25) is 0 Å². The smallest absolute Gasteiger partial charge is 0.255 e. The lowest BCUT2D eigenvalue weighted by atomic mass is 9.95. The third kappa shape index (κ3) is 4.51. The summed E-state index contributed by atoms with van der Waals surface area (Å²) >= 11 is 1.68. The summed E-state index contributed by atoms with van der Waals surface area (Å²) in [5.74, 6) is 0.982. The van der Waals surface area contributed by atoms with Crippen LogP contribution in [0.15, 0.2) is 28.5 Å². The highest BCUT2D eigenvalue weighted by Gasteiger charge is 2.32. The molecular formula is C23H30N2O5S2. The second kappa shape index (κ2) is 9.80. The molecule has 2 aromatic rings. The minimum atomic E-state index is -3.69. The van der Waals surface area contributed by atoms with Gasteiger partial charge in [0.15, 0.2) is 11.5 Å². The largest absolute Gasteiger partial charge is 0.490 e. The molecule has 1 amide bonds. The van der Waals surface area contributed by atoms with Crippen molar-refractivity contribution in [2.24, 2.45) is 0 Å². The highest BCUT2D eigenvalue weighted by molar-refractivity contribution is 7.89. The van der Waals surface area contributed by atoms with Crippen LogP contribution in [-0.2, 0) is 22.9 Å². The zero-order valence-electron chi connectivity index (χ0n) is 18.6. The molecule has 1 aromatic carbocycles. The summed E-state index contributed by atoms with van der Waals surface area (Å²) in [4.78, 5) is 16.4. The van der Waals surface area contributed by atoms with Crippen LogP contribution in [0.1, 0.15) is 47.5 Å². The minimum Gasteiger partial charge on any atom is -0.490 e. The molecule has 9 heteroatoms. The number of aryl methyl sites for hydroxylation is 1. The van der Waals surface area contributed by atoms with Gasteiger partial charge >= 0.3 is 0 Å². The van der Waals surface area contributed by atoms with Gasteiger partial charge in [-0.05, 0) is 57.2 Å². The molecule has 7 nitrogen and oxygen atoms in total. The average molecular weight is 479 g/mol. The third-order valence-corrected chi connectivity index (χ3v) is 8.95. The Morgan fingerprint density at radius 3 is 2.41 bits per heavy atom. The number of rotatable bonds is 7. The normalized spacial score (nSPS) is 17.1. The molecule has 0 N–H and O–H groups in total. The van der Waals surface area contributed by atoms with Gasteiger partial charge in [-0.3, -0.25) is 4.79 Å². The van der Waals surface area contributed by atoms with Gasteiger partial charge in [-0.2, -0.15) is 4.31 Å². The molecule has 1 aromatic heterocycles. The Hall–Kier alpha value is -2.10. The van der Waals surface area contributed by atoms with E-state index < -0.39 is 10.0 Å². The monoisotopic (exact) mass is 478 g/mol. The van der Waals surface area contributed by atoms with Crippen LogP contribution in [-0.4, -0.2) is 62.9 Å². The minimum absolute atomic E-state index is 0.0288. The lowest BCUT2D eigenvalue weighted by Crippen LogP contribution is -2.50. The molecule has 2 heterocycles. The van der Waals surface area contributed by atoms with Gasteiger partial charge in [-0.25, -0.2) is 8.42 Å². The van der Waals surface area contributed by atoms with Gasteiger partial charge in [0.25, 0.3) is 5.91 Å². The summed E-state index contributed by atoms with van der Waals surface area (Å²) in [6.45, 7) is 5.92. The summed E-state index contributed by atoms with van der Waals surface area (Å²) < 4.78 is 39.1. The quantitative estimate of drug-likeness (QED) is 0.608. The first kappa shape index (κ1) is 23.1. The number of thiophene rings is 1. The molecule has 174 valence electrons. The molecule has 0 bridgehead atoms. The summed E-state index contributed by atoms with van der Waals surface area (Å²) in [7, 11) is -3.69. The second-order valence-corrected chi connectivity index (χ2v) is 10.8. The van der Waals surface area contributed by atoms with E-state index in [-0.39, 0.29) is 23.9 Å². The second-order valence-electron chi connectivity index (χ2n) is 7.93. The first-order valence-corrected chi connectivity index (χ1v) is 13.6. The van der Waals surface area contributed by atoms with Crippen molar-refractivity contribution < 1.29 is 22.7 Å². The van der Waals surface area contributed by atoms with Crippen LogP contribution >= 0.6 is 11.3 Å². The molecule has 1 aliphatic carbocycles. The number of nitrogens with zero attached hydrogens (tertiary/aromatic N) is 2. The molecule has 4 rings (SSSR count). The maximum absolute atomic E-state index is 13.2. The van der Waals surface area contributed by atoms with Crippen LogP contribution < -0.4 is 9.47 Å². The molecule has 0 spiro atoms. The first-order chi connectivity index (χ1) is 15.5. The summed E-state index contributed by atoms with van der Waals surface area (Å²) in [5, 5.41) is 1.98. The topological polar surface area (TPSA) is 76.2 Å². The molecule has 1 saturated heterocycles. The van der Waals surface area contributed by atoms with Gasteiger partial charge in [0.2, 0.25) is 10.0 Å². The molecule has 1 fully saturated rings. The fourth-order valence-corrected chi connectivity index (χ4v) is 6.87. The summed E-state index contributed by atoms with van der Waals surface area (Å²) in [5.41, 5.74) is 2.02. The van der Waals surface area contributed by atoms with Crippen molar-refractivity contribution in [1.82, 2.24) is 9.21 Å². The lowest BCUT2D eigenvalue weighted by molar-refractivity contribution is 0.0697. The van der Waals surface area contributed by atoms with Gasteiger partial charge in [-0.15, -0.1) is 11.3 Å². The molecule has 1 aliphatic heterocycles. The highest BCUT2D eigenvalue weighted by Crippen LogP contribution is 2.33. The Bertz CT molecular complexity index is 1070. The van der Waals surface area contributed by atoms with Crippen molar-refractivity contribution in [1.29, 1.82) is 0 Å². The number of carbonyl (C=O) groups excluding carboxylic acids is 1. The van der Waals surface area contributed by atoms with Gasteiger partial charge in [0, 0.05) is 42.5 Å². The van der Waals surface area contributed by atoms with Crippen LogP contribution in [0.4, 0.5) is 0 Å². The van der Waals surface area contributed by atoms with Crippen LogP contribution in [0.5, 0.6) is 11.5 Å². The fourth-order valence-electron chi connectivity index (χ4n) is 4.32. The number of ether oxygens (including phenoxy) is 2. The van der Waals surface area contributed by atoms with Crippen molar-refractivity contribution in [2.75, 3.05) is 39.4 Å². The zero-order valence-corrected chi connectivity index (χ0v) is 20.3. The third-order valence-electron chi connectivity index (χ3n) is 5.97. The van der Waals surface area contributed by atoms with Gasteiger partial charge in [0.1, 0.15) is 0 Å². The van der Waals surface area contributed by atoms with E-state index in [2.05, 4.69) is 0 Å². The zero-order chi connectivity index (χ0) is 22.7. The number of benzene rings is 1. The van der Waals surface area contributed by atoms with Crippen LogP contribution in [0.3, 0.4) is 0 Å². The van der Waals surface area contributed by atoms with Crippen molar-refractivity contribution in [3.8, 4) is 11.5 Å². The molecule has 0 atom stereocenters. The van der Waals surface area contributed by atoms with Crippen molar-refractivity contribution in [3.63, 3.8) is 0 Å². The van der Waals surface area contributed by atoms with Gasteiger partial charge in [0.05, 0.1) is 23.7 Å². The van der Waals surface area contributed by atoms with Gasteiger partial charge < -0.3 is 14.4 Å². The van der Waals surface area contributed by atoms with E-state index in [9.17, 15) is 13.2 Å². The Labute approximate surface area is 194 Å². The molecular weight excluding hydrogens is 448 g/mol. The highest BCUT2D eigenvalue weighted by atomic mass is 32.2. The molecule has 0 saturated carbocycles. The Balaban J connectivity index is 1.46. The number of fused-ring (bicyclic) bond motifs is 1. The lowest BCUT2D eigenvalue weighted by Gasteiger charge is -2.34. The van der Waals surface area contributed by atoms with Crippen molar-refractivity contribution >= 4 is 27.3 Å². The van der Waals surface area contributed by atoms with E-state index in [1.807, 2.05) is 19.2 Å². The standard InChI is InChI=1S/C23H30N2O5S2/c1-3-29-20-10-9-17(15-21(20)30-4-2)32(27,28)25-13-11-24(12-14-25)23(26)19-16-31-22-8-6-5-7-18(19)22/h9-10,15-16H,3-8,11-14H2,1-2H3. The Morgan fingerprint density at radius 1 is 1.00 bits per heavy atom. The summed E-state index contributed by atoms with van der Waals surface area (Å²) in [6.07, 6.45) is 4.34. The predicted octanol–water partition coefficient (Wildman–Crippen LogP) is 3.57. The first-order valence-electron chi connectivity index (χ1n) is 11.2. The van der Waals surface area contributed by atoms with E-state index in [1.165, 1.54) is 27.2 Å². The molecule has 2 aliphatic rings.